The van der Waals surface area contributed by atoms with Gasteiger partial charge in [0.15, 0.2) is 0 Å². The van der Waals surface area contributed by atoms with Crippen LogP contribution in [0, 0.1) is 5.92 Å². The smallest absolute Gasteiger partial charge is 0.242 e. The quantitative estimate of drug-likeness (QED) is 0.810. The minimum Gasteiger partial charge on any atom is -0.494 e. The Hall–Kier alpha value is -1.07. The SMILES string of the molecule is CCOc1ccc(S(=O)(=O)N(C)CC2CCCCC2)cc1. The zero-order chi connectivity index (χ0) is 15.3. The summed E-state index contributed by atoms with van der Waals surface area (Å²) in [6.07, 6.45) is 6.02. The molecule has 0 bridgehead atoms. The second-order valence-corrected chi connectivity index (χ2v) is 7.74. The predicted octanol–water partition coefficient (Wildman–Crippen LogP) is 3.29. The molecule has 2 rings (SSSR count). The lowest BCUT2D eigenvalue weighted by atomic mass is 9.89. The van der Waals surface area contributed by atoms with Gasteiger partial charge in [0.2, 0.25) is 10.0 Å². The van der Waals surface area contributed by atoms with Crippen LogP contribution in [-0.2, 0) is 10.0 Å². The Labute approximate surface area is 128 Å². The van der Waals surface area contributed by atoms with E-state index in [1.165, 1.54) is 23.6 Å². The molecule has 0 radical (unpaired) electrons. The van der Waals surface area contributed by atoms with E-state index in [2.05, 4.69) is 0 Å². The van der Waals surface area contributed by atoms with Crippen LogP contribution in [0.15, 0.2) is 29.2 Å². The maximum atomic E-state index is 12.6. The van der Waals surface area contributed by atoms with Crippen LogP contribution in [0.5, 0.6) is 5.75 Å². The van der Waals surface area contributed by atoms with Gasteiger partial charge in [-0.1, -0.05) is 19.3 Å². The minimum absolute atomic E-state index is 0.337. The van der Waals surface area contributed by atoms with Crippen LogP contribution < -0.4 is 4.74 Å². The van der Waals surface area contributed by atoms with Gasteiger partial charge in [-0.3, -0.25) is 0 Å². The maximum absolute atomic E-state index is 12.6. The lowest BCUT2D eigenvalue weighted by Gasteiger charge is -2.26. The van der Waals surface area contributed by atoms with Crippen LogP contribution in [-0.4, -0.2) is 32.9 Å². The molecule has 0 atom stereocenters. The van der Waals surface area contributed by atoms with Crippen molar-refractivity contribution < 1.29 is 13.2 Å². The molecule has 0 aliphatic heterocycles. The van der Waals surface area contributed by atoms with Gasteiger partial charge in [0.25, 0.3) is 0 Å². The van der Waals surface area contributed by atoms with Crippen LogP contribution in [0.25, 0.3) is 0 Å². The lowest BCUT2D eigenvalue weighted by Crippen LogP contribution is -2.32. The van der Waals surface area contributed by atoms with Crippen molar-refractivity contribution in [1.82, 2.24) is 4.31 Å². The van der Waals surface area contributed by atoms with Gasteiger partial charge >= 0.3 is 0 Å². The van der Waals surface area contributed by atoms with E-state index in [1.54, 1.807) is 31.3 Å². The van der Waals surface area contributed by atoms with Gasteiger partial charge in [-0.2, -0.15) is 0 Å². The minimum atomic E-state index is -3.39. The second-order valence-electron chi connectivity index (χ2n) is 5.69. The zero-order valence-electron chi connectivity index (χ0n) is 12.9. The number of hydrogen-bond donors (Lipinski definition) is 0. The molecule has 0 saturated heterocycles. The molecule has 4 nitrogen and oxygen atoms in total. The van der Waals surface area contributed by atoms with Crippen molar-refractivity contribution in [1.29, 1.82) is 0 Å². The highest BCUT2D eigenvalue weighted by Gasteiger charge is 2.24. The first-order valence-corrected chi connectivity index (χ1v) is 9.17. The summed E-state index contributed by atoms with van der Waals surface area (Å²) in [5.74, 6) is 1.20. The van der Waals surface area contributed by atoms with Crippen molar-refractivity contribution in [2.45, 2.75) is 43.9 Å². The van der Waals surface area contributed by atoms with E-state index in [0.717, 1.165) is 12.8 Å². The van der Waals surface area contributed by atoms with Gasteiger partial charge in [0.05, 0.1) is 11.5 Å². The van der Waals surface area contributed by atoms with Gasteiger partial charge in [-0.25, -0.2) is 12.7 Å². The zero-order valence-corrected chi connectivity index (χ0v) is 13.7. The Morgan fingerprint density at radius 3 is 2.33 bits per heavy atom. The van der Waals surface area contributed by atoms with Gasteiger partial charge in [0.1, 0.15) is 5.75 Å². The average molecular weight is 311 g/mol. The Morgan fingerprint density at radius 1 is 1.14 bits per heavy atom. The van der Waals surface area contributed by atoms with Crippen molar-refractivity contribution in [2.24, 2.45) is 5.92 Å². The summed E-state index contributed by atoms with van der Waals surface area (Å²) in [5.41, 5.74) is 0. The molecule has 1 saturated carbocycles. The number of rotatable bonds is 6. The molecule has 1 aliphatic carbocycles. The van der Waals surface area contributed by atoms with Crippen molar-refractivity contribution in [2.75, 3.05) is 20.2 Å². The molecule has 5 heteroatoms. The Morgan fingerprint density at radius 2 is 1.76 bits per heavy atom. The topological polar surface area (TPSA) is 46.6 Å². The highest BCUT2D eigenvalue weighted by atomic mass is 32.2. The van der Waals surface area contributed by atoms with Crippen molar-refractivity contribution in [3.8, 4) is 5.75 Å². The molecule has 0 aromatic heterocycles. The molecular weight excluding hydrogens is 286 g/mol. The van der Waals surface area contributed by atoms with Crippen LogP contribution in [0.1, 0.15) is 39.0 Å². The van der Waals surface area contributed by atoms with E-state index in [0.29, 0.717) is 29.7 Å². The monoisotopic (exact) mass is 311 g/mol. The first kappa shape index (κ1) is 16.3. The fourth-order valence-corrected chi connectivity index (χ4v) is 4.13. The van der Waals surface area contributed by atoms with Crippen molar-refractivity contribution in [3.05, 3.63) is 24.3 Å². The molecule has 1 aliphatic rings. The van der Waals surface area contributed by atoms with E-state index in [-0.39, 0.29) is 0 Å². The molecule has 0 spiro atoms. The van der Waals surface area contributed by atoms with Gasteiger partial charge in [-0.05, 0) is 49.9 Å². The molecule has 0 amide bonds. The fourth-order valence-electron chi connectivity index (χ4n) is 2.89. The normalized spacial score (nSPS) is 17.1. The molecule has 0 heterocycles. The number of benzene rings is 1. The number of nitrogens with zero attached hydrogens (tertiary/aromatic N) is 1. The standard InChI is InChI=1S/C16H25NO3S/c1-3-20-15-9-11-16(12-10-15)21(18,19)17(2)13-14-7-5-4-6-8-14/h9-12,14H,3-8,13H2,1-2H3. The first-order valence-electron chi connectivity index (χ1n) is 7.73. The molecule has 0 N–H and O–H groups in total. The lowest BCUT2D eigenvalue weighted by molar-refractivity contribution is 0.300. The third-order valence-electron chi connectivity index (χ3n) is 4.08. The molecule has 118 valence electrons. The molecular formula is C16H25NO3S. The predicted molar refractivity (Wildman–Crippen MR) is 84.0 cm³/mol. The van der Waals surface area contributed by atoms with Crippen molar-refractivity contribution >= 4 is 10.0 Å². The van der Waals surface area contributed by atoms with Gasteiger partial charge in [0, 0.05) is 13.6 Å². The third kappa shape index (κ3) is 4.20. The van der Waals surface area contributed by atoms with E-state index in [1.807, 2.05) is 6.92 Å². The molecule has 21 heavy (non-hydrogen) atoms. The van der Waals surface area contributed by atoms with Crippen LogP contribution in [0.3, 0.4) is 0 Å². The molecule has 1 aromatic carbocycles. The number of sulfonamides is 1. The van der Waals surface area contributed by atoms with E-state index >= 15 is 0 Å². The highest BCUT2D eigenvalue weighted by molar-refractivity contribution is 7.89. The molecule has 0 unspecified atom stereocenters. The first-order chi connectivity index (χ1) is 10.0. The summed E-state index contributed by atoms with van der Waals surface area (Å²) in [4.78, 5) is 0.337. The van der Waals surface area contributed by atoms with Crippen molar-refractivity contribution in [3.63, 3.8) is 0 Å². The Balaban J connectivity index is 2.05. The second kappa shape index (κ2) is 7.27. The Kier molecular flexibility index (Phi) is 5.65. The molecule has 1 fully saturated rings. The van der Waals surface area contributed by atoms with E-state index in [9.17, 15) is 8.42 Å². The fraction of sp³-hybridized carbons (Fsp3) is 0.625. The van der Waals surface area contributed by atoms with Crippen LogP contribution in [0.4, 0.5) is 0 Å². The molecule has 1 aromatic rings. The summed E-state index contributed by atoms with van der Waals surface area (Å²) in [7, 11) is -1.71. The number of ether oxygens (including phenoxy) is 1. The van der Waals surface area contributed by atoms with E-state index in [4.69, 9.17) is 4.74 Å². The summed E-state index contributed by atoms with van der Waals surface area (Å²) < 4.78 is 32.0. The summed E-state index contributed by atoms with van der Waals surface area (Å²) >= 11 is 0. The summed E-state index contributed by atoms with van der Waals surface area (Å²) in [6.45, 7) is 3.10. The number of hydrogen-bond acceptors (Lipinski definition) is 3. The van der Waals surface area contributed by atoms with Gasteiger partial charge < -0.3 is 4.74 Å². The highest BCUT2D eigenvalue weighted by Crippen LogP contribution is 2.26. The van der Waals surface area contributed by atoms with E-state index < -0.39 is 10.0 Å². The van der Waals surface area contributed by atoms with Crippen LogP contribution >= 0.6 is 0 Å². The average Bonchev–Trinajstić information content (AvgIpc) is 2.49. The maximum Gasteiger partial charge on any atom is 0.242 e. The third-order valence-corrected chi connectivity index (χ3v) is 5.92. The summed E-state index contributed by atoms with van der Waals surface area (Å²) in [5, 5.41) is 0. The largest absolute Gasteiger partial charge is 0.494 e. The summed E-state index contributed by atoms with van der Waals surface area (Å²) in [6, 6.07) is 6.67. The van der Waals surface area contributed by atoms with Crippen LogP contribution in [0.2, 0.25) is 0 Å². The van der Waals surface area contributed by atoms with Gasteiger partial charge in [-0.15, -0.1) is 0 Å². The Bertz CT molecular complexity index is 533.